The first-order valence-corrected chi connectivity index (χ1v) is 11.4. The van der Waals surface area contributed by atoms with Crippen molar-refractivity contribution in [2.24, 2.45) is 0 Å². The molecule has 162 valence electrons. The van der Waals surface area contributed by atoms with Crippen LogP contribution in [-0.4, -0.2) is 93.9 Å². The summed E-state index contributed by atoms with van der Waals surface area (Å²) in [5.74, 6) is 0. The Morgan fingerprint density at radius 1 is 0.733 bits per heavy atom. The fourth-order valence-corrected chi connectivity index (χ4v) is 4.70. The lowest BCUT2D eigenvalue weighted by atomic mass is 10.0. The van der Waals surface area contributed by atoms with Crippen molar-refractivity contribution < 1.29 is 4.74 Å². The van der Waals surface area contributed by atoms with Crippen LogP contribution in [0.15, 0.2) is 60.7 Å². The number of methoxy groups -OCH3 is 1. The second kappa shape index (κ2) is 10.9. The molecule has 2 fully saturated rings. The maximum atomic E-state index is 5.26. The zero-order chi connectivity index (χ0) is 20.6. The van der Waals surface area contributed by atoms with Crippen LogP contribution < -0.4 is 4.90 Å². The Morgan fingerprint density at radius 3 is 1.97 bits per heavy atom. The van der Waals surface area contributed by atoms with E-state index in [1.807, 2.05) is 0 Å². The van der Waals surface area contributed by atoms with E-state index in [0.29, 0.717) is 6.04 Å². The van der Waals surface area contributed by atoms with E-state index in [0.717, 1.165) is 72.1 Å². The number of hydrogen-bond acceptors (Lipinski definition) is 5. The molecule has 2 aromatic carbocycles. The first-order valence-electron chi connectivity index (χ1n) is 11.4. The van der Waals surface area contributed by atoms with Crippen LogP contribution in [0.5, 0.6) is 0 Å². The minimum atomic E-state index is 0.471. The SMILES string of the molecule is COCCN1CCN(C(CN2CCN(c3ccccc3)CC2)c2ccccc2)CC1. The molecule has 0 aliphatic carbocycles. The highest BCUT2D eigenvalue weighted by Gasteiger charge is 2.28. The van der Waals surface area contributed by atoms with Gasteiger partial charge in [0, 0.05) is 84.3 Å². The molecular weight excluding hydrogens is 372 g/mol. The predicted octanol–water partition coefficient (Wildman–Crippen LogP) is 2.81. The second-order valence-electron chi connectivity index (χ2n) is 8.42. The maximum Gasteiger partial charge on any atom is 0.0589 e. The van der Waals surface area contributed by atoms with Gasteiger partial charge in [-0.1, -0.05) is 48.5 Å². The molecule has 1 unspecified atom stereocenters. The average molecular weight is 409 g/mol. The molecule has 1 atom stereocenters. The van der Waals surface area contributed by atoms with Gasteiger partial charge in [-0.2, -0.15) is 0 Å². The first-order chi connectivity index (χ1) is 14.8. The molecule has 5 heteroatoms. The maximum absolute atomic E-state index is 5.26. The summed E-state index contributed by atoms with van der Waals surface area (Å²) in [5.41, 5.74) is 2.80. The van der Waals surface area contributed by atoms with E-state index in [4.69, 9.17) is 4.74 Å². The lowest BCUT2D eigenvalue weighted by Crippen LogP contribution is -2.52. The molecule has 2 aromatic rings. The number of anilines is 1. The number of para-hydroxylation sites is 1. The largest absolute Gasteiger partial charge is 0.383 e. The van der Waals surface area contributed by atoms with Crippen LogP contribution in [0.3, 0.4) is 0 Å². The highest BCUT2D eigenvalue weighted by Crippen LogP contribution is 2.25. The molecule has 0 amide bonds. The topological polar surface area (TPSA) is 22.2 Å². The average Bonchev–Trinajstić information content (AvgIpc) is 2.83. The molecule has 2 heterocycles. The lowest BCUT2D eigenvalue weighted by molar-refractivity contribution is 0.0592. The second-order valence-corrected chi connectivity index (χ2v) is 8.42. The fourth-order valence-electron chi connectivity index (χ4n) is 4.70. The molecule has 2 saturated heterocycles. The summed E-state index contributed by atoms with van der Waals surface area (Å²) in [6.07, 6.45) is 0. The van der Waals surface area contributed by atoms with Gasteiger partial charge in [0.1, 0.15) is 0 Å². The Morgan fingerprint density at radius 2 is 1.33 bits per heavy atom. The van der Waals surface area contributed by atoms with Gasteiger partial charge in [-0.25, -0.2) is 0 Å². The minimum absolute atomic E-state index is 0.471. The van der Waals surface area contributed by atoms with Gasteiger partial charge in [0.2, 0.25) is 0 Å². The highest BCUT2D eigenvalue weighted by atomic mass is 16.5. The van der Waals surface area contributed by atoms with Crippen LogP contribution >= 0.6 is 0 Å². The smallest absolute Gasteiger partial charge is 0.0589 e. The van der Waals surface area contributed by atoms with Gasteiger partial charge in [-0.05, 0) is 17.7 Å². The number of hydrogen-bond donors (Lipinski definition) is 0. The molecule has 0 bridgehead atoms. The Kier molecular flexibility index (Phi) is 7.76. The number of piperazine rings is 2. The van der Waals surface area contributed by atoms with Crippen molar-refractivity contribution in [3.05, 3.63) is 66.2 Å². The molecule has 2 aliphatic rings. The van der Waals surface area contributed by atoms with Crippen LogP contribution in [0.25, 0.3) is 0 Å². The number of rotatable bonds is 8. The molecular formula is C25H36N4O. The van der Waals surface area contributed by atoms with Crippen LogP contribution in [0.4, 0.5) is 5.69 Å². The molecule has 2 aliphatic heterocycles. The number of ether oxygens (including phenoxy) is 1. The van der Waals surface area contributed by atoms with Crippen LogP contribution in [0.2, 0.25) is 0 Å². The summed E-state index contributed by atoms with van der Waals surface area (Å²) < 4.78 is 5.26. The van der Waals surface area contributed by atoms with Crippen molar-refractivity contribution in [1.82, 2.24) is 14.7 Å². The van der Waals surface area contributed by atoms with Gasteiger partial charge in [-0.15, -0.1) is 0 Å². The number of benzene rings is 2. The molecule has 0 N–H and O–H groups in total. The van der Waals surface area contributed by atoms with Gasteiger partial charge in [-0.3, -0.25) is 14.7 Å². The van der Waals surface area contributed by atoms with Crippen LogP contribution in [0, 0.1) is 0 Å². The van der Waals surface area contributed by atoms with Crippen LogP contribution in [0.1, 0.15) is 11.6 Å². The highest BCUT2D eigenvalue weighted by molar-refractivity contribution is 5.46. The number of nitrogens with zero attached hydrogens (tertiary/aromatic N) is 4. The monoisotopic (exact) mass is 408 g/mol. The van der Waals surface area contributed by atoms with E-state index < -0.39 is 0 Å². The zero-order valence-corrected chi connectivity index (χ0v) is 18.3. The third-order valence-corrected chi connectivity index (χ3v) is 6.57. The lowest BCUT2D eigenvalue weighted by Gasteiger charge is -2.43. The van der Waals surface area contributed by atoms with E-state index >= 15 is 0 Å². The molecule has 0 spiro atoms. The van der Waals surface area contributed by atoms with E-state index in [2.05, 4.69) is 80.3 Å². The summed E-state index contributed by atoms with van der Waals surface area (Å²) in [5, 5.41) is 0. The van der Waals surface area contributed by atoms with Gasteiger partial charge in [0.05, 0.1) is 6.61 Å². The fraction of sp³-hybridized carbons (Fsp3) is 0.520. The first kappa shape index (κ1) is 21.3. The van der Waals surface area contributed by atoms with Gasteiger partial charge >= 0.3 is 0 Å². The molecule has 0 aromatic heterocycles. The third-order valence-electron chi connectivity index (χ3n) is 6.57. The van der Waals surface area contributed by atoms with Crippen molar-refractivity contribution in [2.45, 2.75) is 6.04 Å². The van der Waals surface area contributed by atoms with Gasteiger partial charge < -0.3 is 9.64 Å². The van der Waals surface area contributed by atoms with E-state index in [1.54, 1.807) is 7.11 Å². The molecule has 5 nitrogen and oxygen atoms in total. The molecule has 0 radical (unpaired) electrons. The summed E-state index contributed by atoms with van der Waals surface area (Å²) >= 11 is 0. The molecule has 0 saturated carbocycles. The summed E-state index contributed by atoms with van der Waals surface area (Å²) in [4.78, 5) is 10.4. The Hall–Kier alpha value is -1.92. The van der Waals surface area contributed by atoms with Crippen molar-refractivity contribution >= 4 is 5.69 Å². The minimum Gasteiger partial charge on any atom is -0.383 e. The third kappa shape index (κ3) is 5.61. The van der Waals surface area contributed by atoms with E-state index in [1.165, 1.54) is 11.3 Å². The van der Waals surface area contributed by atoms with Crippen molar-refractivity contribution in [1.29, 1.82) is 0 Å². The molecule has 4 rings (SSSR count). The quantitative estimate of drug-likeness (QED) is 0.668. The van der Waals surface area contributed by atoms with Crippen LogP contribution in [-0.2, 0) is 4.74 Å². The summed E-state index contributed by atoms with van der Waals surface area (Å²) in [6.45, 7) is 12.0. The van der Waals surface area contributed by atoms with Crippen molar-refractivity contribution in [2.75, 3.05) is 84.1 Å². The Bertz CT molecular complexity index is 725. The van der Waals surface area contributed by atoms with Crippen molar-refractivity contribution in [3.63, 3.8) is 0 Å². The normalized spacial score (nSPS) is 20.4. The standard InChI is InChI=1S/C25H36N4O/c1-30-21-20-26-12-18-29(19-13-26)25(23-8-4-2-5-9-23)22-27-14-16-28(17-15-27)24-10-6-3-7-11-24/h2-11,25H,12-22H2,1H3. The van der Waals surface area contributed by atoms with Gasteiger partial charge in [0.15, 0.2) is 0 Å². The Balaban J connectivity index is 1.36. The van der Waals surface area contributed by atoms with Crippen molar-refractivity contribution in [3.8, 4) is 0 Å². The summed E-state index contributed by atoms with van der Waals surface area (Å²) in [7, 11) is 1.79. The molecule has 30 heavy (non-hydrogen) atoms. The summed E-state index contributed by atoms with van der Waals surface area (Å²) in [6, 6.07) is 22.4. The van der Waals surface area contributed by atoms with Gasteiger partial charge in [0.25, 0.3) is 0 Å². The Labute approximate surface area is 181 Å². The predicted molar refractivity (Wildman–Crippen MR) is 124 cm³/mol. The van der Waals surface area contributed by atoms with E-state index in [9.17, 15) is 0 Å². The zero-order valence-electron chi connectivity index (χ0n) is 18.3. The van der Waals surface area contributed by atoms with E-state index in [-0.39, 0.29) is 0 Å².